The smallest absolute Gasteiger partial charge is 0.302 e. The third-order valence-electron chi connectivity index (χ3n) is 2.02. The summed E-state index contributed by atoms with van der Waals surface area (Å²) in [6, 6.07) is 3.39. The molecule has 0 aliphatic rings. The van der Waals surface area contributed by atoms with E-state index in [2.05, 4.69) is 20.9 Å². The van der Waals surface area contributed by atoms with Gasteiger partial charge < -0.3 is 4.57 Å². The monoisotopic (exact) mass is 422 g/mol. The van der Waals surface area contributed by atoms with Crippen LogP contribution >= 0.6 is 74.1 Å². The van der Waals surface area contributed by atoms with Crippen molar-refractivity contribution in [3.63, 3.8) is 0 Å². The maximum atomic E-state index is 13.1. The van der Waals surface area contributed by atoms with Crippen molar-refractivity contribution in [2.24, 2.45) is 0 Å². The van der Waals surface area contributed by atoms with Crippen molar-refractivity contribution in [3.05, 3.63) is 39.2 Å². The Kier molecular flexibility index (Phi) is 4.97. The van der Waals surface area contributed by atoms with Gasteiger partial charge in [0, 0.05) is 10.7 Å². The zero-order valence-corrected chi connectivity index (χ0v) is 14.3. The molecular formula is C10H4BrCl4FN2S. The summed E-state index contributed by atoms with van der Waals surface area (Å²) in [4.78, 5) is 3.97. The molecule has 0 saturated heterocycles. The van der Waals surface area contributed by atoms with Crippen molar-refractivity contribution in [2.75, 3.05) is 0 Å². The third-order valence-corrected chi connectivity index (χ3v) is 4.17. The minimum Gasteiger partial charge on any atom is -0.302 e. The molecule has 0 saturated carbocycles. The van der Waals surface area contributed by atoms with Gasteiger partial charge in [-0.15, -0.1) is 0 Å². The number of hydrogen-bond donors (Lipinski definition) is 0. The van der Waals surface area contributed by atoms with Crippen molar-refractivity contribution < 1.29 is 4.39 Å². The van der Waals surface area contributed by atoms with Crippen molar-refractivity contribution in [3.8, 4) is 5.69 Å². The highest BCUT2D eigenvalue weighted by Gasteiger charge is 2.25. The predicted molar refractivity (Wildman–Crippen MR) is 82.7 cm³/mol. The number of benzene rings is 1. The summed E-state index contributed by atoms with van der Waals surface area (Å²) < 4.78 is 13.0. The normalized spacial score (nSPS) is 11.9. The molecule has 0 aliphatic heterocycles. The number of nitrogens with zero attached hydrogens (tertiary/aromatic N) is 2. The molecule has 0 spiro atoms. The van der Waals surface area contributed by atoms with Crippen LogP contribution in [0, 0.1) is 0 Å². The van der Waals surface area contributed by atoms with Crippen molar-refractivity contribution in [1.82, 2.24) is 9.55 Å². The topological polar surface area (TPSA) is 17.8 Å². The van der Waals surface area contributed by atoms with E-state index < -0.39 is 3.92 Å². The second-order valence-corrected chi connectivity index (χ2v) is 7.98. The Hall–Kier alpha value is 0.350. The molecule has 0 unspecified atom stereocenters. The lowest BCUT2D eigenvalue weighted by molar-refractivity contribution is 0.515. The van der Waals surface area contributed by atoms with Gasteiger partial charge in [0.15, 0.2) is 0 Å². The Bertz CT molecular complexity index is 591. The molecule has 0 N–H and O–H groups in total. The summed E-state index contributed by atoms with van der Waals surface area (Å²) in [5.74, 6) is 0. The second kappa shape index (κ2) is 6.00. The first kappa shape index (κ1) is 15.7. The molecule has 2 aromatic rings. The molecule has 2 rings (SSSR count). The minimum absolute atomic E-state index is 0.308. The van der Waals surface area contributed by atoms with Gasteiger partial charge in [-0.3, -0.25) is 0 Å². The van der Waals surface area contributed by atoms with Crippen LogP contribution in [0.5, 0.6) is 0 Å². The van der Waals surface area contributed by atoms with Crippen LogP contribution in [0.4, 0.5) is 4.39 Å². The predicted octanol–water partition coefficient (Wildman–Crippen LogP) is 6.09. The zero-order valence-electron chi connectivity index (χ0n) is 8.88. The van der Waals surface area contributed by atoms with E-state index >= 15 is 0 Å². The fraction of sp³-hybridized carbons (Fsp3) is 0.100. The van der Waals surface area contributed by atoms with E-state index in [-0.39, 0.29) is 0 Å². The lowest BCUT2D eigenvalue weighted by Crippen LogP contribution is -1.95. The van der Waals surface area contributed by atoms with Crippen LogP contribution in [0.3, 0.4) is 0 Å². The molecule has 102 valence electrons. The number of rotatable bonds is 3. The zero-order chi connectivity index (χ0) is 14.2. The molecule has 0 amide bonds. The van der Waals surface area contributed by atoms with Crippen molar-refractivity contribution in [1.29, 1.82) is 0 Å². The summed E-state index contributed by atoms with van der Waals surface area (Å²) in [5, 5.41) is 1.16. The summed E-state index contributed by atoms with van der Waals surface area (Å²) in [7, 11) is 0. The summed E-state index contributed by atoms with van der Waals surface area (Å²) >= 11 is 26.6. The average Bonchev–Trinajstić information content (AvgIpc) is 2.61. The first-order valence-corrected chi connectivity index (χ1v) is 7.83. The van der Waals surface area contributed by atoms with E-state index in [9.17, 15) is 4.39 Å². The van der Waals surface area contributed by atoms with Gasteiger partial charge in [-0.1, -0.05) is 62.3 Å². The van der Waals surface area contributed by atoms with Crippen molar-refractivity contribution >= 4 is 74.1 Å². The van der Waals surface area contributed by atoms with Crippen LogP contribution in [-0.2, 0) is 0 Å². The van der Waals surface area contributed by atoms with E-state index in [1.807, 2.05) is 0 Å². The number of halogens is 6. The Balaban J connectivity index is 2.39. The molecule has 0 radical (unpaired) electrons. The molecule has 0 aliphatic carbocycles. The van der Waals surface area contributed by atoms with E-state index in [1.165, 1.54) is 12.5 Å². The van der Waals surface area contributed by atoms with E-state index in [0.29, 0.717) is 32.5 Å². The van der Waals surface area contributed by atoms with Gasteiger partial charge in [0.05, 0.1) is 15.7 Å². The highest BCUT2D eigenvalue weighted by Crippen LogP contribution is 2.41. The SMILES string of the molecule is FC(Cl)(Cl)Sc1cn(-c2c(Cl)cc(Br)cc2Cl)cn1. The van der Waals surface area contributed by atoms with Gasteiger partial charge in [0.25, 0.3) is 0 Å². The van der Waals surface area contributed by atoms with Gasteiger partial charge in [-0.05, 0) is 23.9 Å². The third kappa shape index (κ3) is 4.16. The van der Waals surface area contributed by atoms with Gasteiger partial charge in [-0.2, -0.15) is 4.39 Å². The highest BCUT2D eigenvalue weighted by atomic mass is 79.9. The average molecular weight is 425 g/mol. The molecule has 9 heteroatoms. The molecular weight excluding hydrogens is 421 g/mol. The number of alkyl halides is 3. The first-order chi connectivity index (χ1) is 8.76. The number of aromatic nitrogens is 2. The van der Waals surface area contributed by atoms with E-state index in [0.717, 1.165) is 4.47 Å². The Morgan fingerprint density at radius 3 is 2.37 bits per heavy atom. The number of thioether (sulfide) groups is 1. The summed E-state index contributed by atoms with van der Waals surface area (Å²) in [6.45, 7) is 0. The summed E-state index contributed by atoms with van der Waals surface area (Å²) in [5.41, 5.74) is 0.541. The second-order valence-electron chi connectivity index (χ2n) is 3.39. The quantitative estimate of drug-likeness (QED) is 0.438. The lowest BCUT2D eigenvalue weighted by atomic mass is 10.3. The van der Waals surface area contributed by atoms with Crippen LogP contribution in [0.2, 0.25) is 10.0 Å². The summed E-state index contributed by atoms with van der Waals surface area (Å²) in [6.07, 6.45) is 2.98. The van der Waals surface area contributed by atoms with Crippen LogP contribution in [0.1, 0.15) is 0 Å². The fourth-order valence-corrected chi connectivity index (χ4v) is 3.76. The molecule has 19 heavy (non-hydrogen) atoms. The maximum Gasteiger partial charge on any atom is 0.310 e. The molecule has 1 aromatic heterocycles. The van der Waals surface area contributed by atoms with Crippen LogP contribution < -0.4 is 0 Å². The first-order valence-electron chi connectivity index (χ1n) is 4.71. The van der Waals surface area contributed by atoms with Gasteiger partial charge >= 0.3 is 3.92 Å². The number of hydrogen-bond acceptors (Lipinski definition) is 2. The molecule has 0 bridgehead atoms. The Morgan fingerprint density at radius 2 is 1.84 bits per heavy atom. The van der Waals surface area contributed by atoms with E-state index in [1.54, 1.807) is 16.7 Å². The van der Waals surface area contributed by atoms with Crippen LogP contribution in [0.15, 0.2) is 34.2 Å². The Labute approximate surface area is 141 Å². The lowest BCUT2D eigenvalue weighted by Gasteiger charge is -2.08. The van der Waals surface area contributed by atoms with Crippen LogP contribution in [0.25, 0.3) is 5.69 Å². The van der Waals surface area contributed by atoms with Gasteiger partial charge in [0.2, 0.25) is 0 Å². The molecule has 2 nitrogen and oxygen atoms in total. The largest absolute Gasteiger partial charge is 0.310 e. The molecule has 1 aromatic carbocycles. The van der Waals surface area contributed by atoms with E-state index in [4.69, 9.17) is 46.4 Å². The highest BCUT2D eigenvalue weighted by molar-refractivity contribution is 9.10. The molecule has 0 atom stereocenters. The van der Waals surface area contributed by atoms with Gasteiger partial charge in [0.1, 0.15) is 11.4 Å². The maximum absolute atomic E-state index is 13.1. The van der Waals surface area contributed by atoms with Gasteiger partial charge in [-0.25, -0.2) is 4.98 Å². The Morgan fingerprint density at radius 1 is 1.26 bits per heavy atom. The van der Waals surface area contributed by atoms with Crippen molar-refractivity contribution in [2.45, 2.75) is 8.95 Å². The van der Waals surface area contributed by atoms with Crippen LogP contribution in [-0.4, -0.2) is 13.5 Å². The molecule has 1 heterocycles. The minimum atomic E-state index is -2.44. The standard InChI is InChI=1S/C10H4BrCl4FN2S/c11-5-1-6(12)9(7(13)2-5)18-3-8(17-4-18)19-10(14,15)16/h1-4H. The number of imidazole rings is 1. The molecule has 0 fully saturated rings. The fourth-order valence-electron chi connectivity index (χ4n) is 1.38.